The van der Waals surface area contributed by atoms with Crippen molar-refractivity contribution in [3.63, 3.8) is 0 Å². The summed E-state index contributed by atoms with van der Waals surface area (Å²) in [6.45, 7) is 0.880. The predicted octanol–water partition coefficient (Wildman–Crippen LogP) is 5.22. The van der Waals surface area contributed by atoms with Gasteiger partial charge in [-0.25, -0.2) is 4.68 Å². The van der Waals surface area contributed by atoms with Crippen molar-refractivity contribution in [2.24, 2.45) is 5.41 Å². The van der Waals surface area contributed by atoms with E-state index in [1.165, 1.54) is 28.9 Å². The van der Waals surface area contributed by atoms with Gasteiger partial charge in [-0.1, -0.05) is 41.6 Å². The Bertz CT molecular complexity index is 1370. The first kappa shape index (κ1) is 21.9. The molecule has 0 unspecified atom stereocenters. The third-order valence-electron chi connectivity index (χ3n) is 5.87. The fourth-order valence-corrected chi connectivity index (χ4v) is 3.80. The molecule has 1 aliphatic rings. The van der Waals surface area contributed by atoms with Crippen LogP contribution in [0.5, 0.6) is 11.5 Å². The molecule has 1 heterocycles. The van der Waals surface area contributed by atoms with Gasteiger partial charge in [0.1, 0.15) is 17.0 Å². The molecular weight excluding hydrogens is 447 g/mol. The largest absolute Gasteiger partial charge is 0.573 e. The van der Waals surface area contributed by atoms with E-state index in [1.54, 1.807) is 18.2 Å². The van der Waals surface area contributed by atoms with E-state index in [9.17, 15) is 18.0 Å². The van der Waals surface area contributed by atoms with Crippen LogP contribution in [-0.4, -0.2) is 28.0 Å². The van der Waals surface area contributed by atoms with Gasteiger partial charge >= 0.3 is 6.36 Å². The molecule has 1 saturated carbocycles. The van der Waals surface area contributed by atoms with E-state index in [1.807, 2.05) is 30.3 Å². The lowest BCUT2D eigenvalue weighted by atomic mass is 10.0. The predicted molar refractivity (Wildman–Crippen MR) is 120 cm³/mol. The maximum atomic E-state index is 13.2. The summed E-state index contributed by atoms with van der Waals surface area (Å²) in [5, 5.41) is 8.69. The molecule has 0 N–H and O–H groups in total. The summed E-state index contributed by atoms with van der Waals surface area (Å²) in [7, 11) is 0. The van der Waals surface area contributed by atoms with Gasteiger partial charge in [0.2, 0.25) is 0 Å². The van der Waals surface area contributed by atoms with Crippen molar-refractivity contribution in [1.82, 2.24) is 15.0 Å². The Morgan fingerprint density at radius 1 is 0.912 bits per heavy atom. The maximum Gasteiger partial charge on any atom is 0.573 e. The molecule has 1 aromatic heterocycles. The number of para-hydroxylation sites is 1. The zero-order chi connectivity index (χ0) is 23.8. The minimum atomic E-state index is -4.75. The molecule has 0 bridgehead atoms. The number of nitrogens with zero attached hydrogens (tertiary/aromatic N) is 3. The summed E-state index contributed by atoms with van der Waals surface area (Å²) in [6, 6.07) is 20.1. The molecule has 0 saturated heterocycles. The topological polar surface area (TPSA) is 66.2 Å². The van der Waals surface area contributed by atoms with E-state index in [2.05, 4.69) is 15.0 Å². The molecule has 0 radical (unpaired) electrons. The second-order valence-corrected chi connectivity index (χ2v) is 8.46. The minimum Gasteiger partial charge on any atom is -0.493 e. The van der Waals surface area contributed by atoms with Crippen molar-refractivity contribution in [3.8, 4) is 22.6 Å². The Balaban J connectivity index is 1.37. The van der Waals surface area contributed by atoms with Gasteiger partial charge in [0, 0.05) is 5.41 Å². The SMILES string of the molecule is O=c1c2cc(-c3ccc(OC(F)(F)F)cc3)ccc2nnn1CC1(COc2ccccc2)CC1. The molecule has 0 aliphatic heterocycles. The summed E-state index contributed by atoms with van der Waals surface area (Å²) >= 11 is 0. The van der Waals surface area contributed by atoms with Crippen LogP contribution in [0.4, 0.5) is 13.2 Å². The van der Waals surface area contributed by atoms with Crippen LogP contribution in [0.3, 0.4) is 0 Å². The number of halogens is 3. The zero-order valence-corrected chi connectivity index (χ0v) is 18.0. The smallest absolute Gasteiger partial charge is 0.493 e. The van der Waals surface area contributed by atoms with Crippen LogP contribution >= 0.6 is 0 Å². The second kappa shape index (κ2) is 8.48. The van der Waals surface area contributed by atoms with E-state index in [-0.39, 0.29) is 16.7 Å². The number of hydrogen-bond donors (Lipinski definition) is 0. The number of benzene rings is 3. The van der Waals surface area contributed by atoms with Crippen molar-refractivity contribution < 1.29 is 22.6 Å². The third-order valence-corrected chi connectivity index (χ3v) is 5.87. The number of aromatic nitrogens is 3. The Labute approximate surface area is 192 Å². The normalized spacial score (nSPS) is 14.7. The molecule has 5 rings (SSSR count). The van der Waals surface area contributed by atoms with Crippen molar-refractivity contribution in [2.45, 2.75) is 25.7 Å². The van der Waals surface area contributed by atoms with Gasteiger partial charge in [0.05, 0.1) is 18.5 Å². The highest BCUT2D eigenvalue weighted by molar-refractivity contribution is 5.83. The van der Waals surface area contributed by atoms with Crippen LogP contribution in [0, 0.1) is 5.41 Å². The molecule has 4 aromatic rings. The number of ether oxygens (including phenoxy) is 2. The average molecular weight is 467 g/mol. The molecule has 0 amide bonds. The van der Waals surface area contributed by atoms with Gasteiger partial charge in [-0.2, -0.15) is 0 Å². The zero-order valence-electron chi connectivity index (χ0n) is 18.0. The second-order valence-electron chi connectivity index (χ2n) is 8.46. The molecule has 1 aliphatic carbocycles. The number of rotatable bonds is 7. The molecule has 3 aromatic carbocycles. The minimum absolute atomic E-state index is 0.159. The van der Waals surface area contributed by atoms with E-state index in [0.717, 1.165) is 18.6 Å². The van der Waals surface area contributed by atoms with E-state index in [4.69, 9.17) is 4.74 Å². The van der Waals surface area contributed by atoms with Crippen LogP contribution in [-0.2, 0) is 6.54 Å². The van der Waals surface area contributed by atoms with Crippen LogP contribution in [0.2, 0.25) is 0 Å². The van der Waals surface area contributed by atoms with Gasteiger partial charge in [-0.3, -0.25) is 4.79 Å². The quantitative estimate of drug-likeness (QED) is 0.373. The third kappa shape index (κ3) is 4.88. The lowest BCUT2D eigenvalue weighted by Gasteiger charge is -2.17. The Morgan fingerprint density at radius 2 is 1.62 bits per heavy atom. The summed E-state index contributed by atoms with van der Waals surface area (Å²) < 4.78 is 48.4. The van der Waals surface area contributed by atoms with Gasteiger partial charge in [0.15, 0.2) is 0 Å². The first-order chi connectivity index (χ1) is 16.3. The van der Waals surface area contributed by atoms with Crippen molar-refractivity contribution in [1.29, 1.82) is 0 Å². The highest BCUT2D eigenvalue weighted by Crippen LogP contribution is 2.47. The summed E-state index contributed by atoms with van der Waals surface area (Å²) in [6.07, 6.45) is -2.89. The summed E-state index contributed by atoms with van der Waals surface area (Å²) in [5.74, 6) is 0.472. The van der Waals surface area contributed by atoms with Gasteiger partial charge in [-0.15, -0.1) is 18.3 Å². The molecule has 0 atom stereocenters. The van der Waals surface area contributed by atoms with Crippen LogP contribution < -0.4 is 15.0 Å². The van der Waals surface area contributed by atoms with Crippen LogP contribution in [0.1, 0.15) is 12.8 Å². The monoisotopic (exact) mass is 467 g/mol. The molecule has 6 nitrogen and oxygen atoms in total. The lowest BCUT2D eigenvalue weighted by Crippen LogP contribution is -2.30. The van der Waals surface area contributed by atoms with Crippen LogP contribution in [0.15, 0.2) is 77.6 Å². The molecule has 174 valence electrons. The van der Waals surface area contributed by atoms with Gasteiger partial charge < -0.3 is 9.47 Å². The average Bonchev–Trinajstić information content (AvgIpc) is 3.59. The molecule has 0 spiro atoms. The Morgan fingerprint density at radius 3 is 2.29 bits per heavy atom. The van der Waals surface area contributed by atoms with Gasteiger partial charge in [-0.05, 0) is 60.4 Å². The molecular formula is C25H20F3N3O3. The first-order valence-electron chi connectivity index (χ1n) is 10.7. The van der Waals surface area contributed by atoms with Crippen LogP contribution in [0.25, 0.3) is 22.0 Å². The van der Waals surface area contributed by atoms with Crippen molar-refractivity contribution in [2.75, 3.05) is 6.61 Å². The molecule has 1 fully saturated rings. The summed E-state index contributed by atoms with van der Waals surface area (Å²) in [5.41, 5.74) is 1.35. The highest BCUT2D eigenvalue weighted by Gasteiger charge is 2.44. The standard InChI is InChI=1S/C25H20F3N3O3/c26-25(27,28)34-20-9-6-17(7-10-20)18-8-11-22-21(14-18)23(32)31(30-29-22)15-24(12-13-24)16-33-19-4-2-1-3-5-19/h1-11,14H,12-13,15-16H2. The Kier molecular flexibility index (Phi) is 5.47. The summed E-state index contributed by atoms with van der Waals surface area (Å²) in [4.78, 5) is 13.2. The molecule has 9 heteroatoms. The van der Waals surface area contributed by atoms with E-state index in [0.29, 0.717) is 35.2 Å². The fraction of sp³-hybridized carbons (Fsp3) is 0.240. The van der Waals surface area contributed by atoms with E-state index >= 15 is 0 Å². The van der Waals surface area contributed by atoms with Crippen molar-refractivity contribution in [3.05, 3.63) is 83.2 Å². The number of alkyl halides is 3. The maximum absolute atomic E-state index is 13.2. The fourth-order valence-electron chi connectivity index (χ4n) is 3.80. The lowest BCUT2D eigenvalue weighted by molar-refractivity contribution is -0.274. The number of hydrogen-bond acceptors (Lipinski definition) is 5. The molecule has 34 heavy (non-hydrogen) atoms. The van der Waals surface area contributed by atoms with E-state index < -0.39 is 6.36 Å². The highest BCUT2D eigenvalue weighted by atomic mass is 19.4. The Hall–Kier alpha value is -3.88. The van der Waals surface area contributed by atoms with Crippen molar-refractivity contribution >= 4 is 10.9 Å². The first-order valence-corrected chi connectivity index (χ1v) is 10.7. The van der Waals surface area contributed by atoms with Gasteiger partial charge in [0.25, 0.3) is 5.56 Å². The number of fused-ring (bicyclic) bond motifs is 1.